The van der Waals surface area contributed by atoms with Gasteiger partial charge in [0.05, 0.1) is 5.54 Å². The van der Waals surface area contributed by atoms with Crippen LogP contribution in [0, 0.1) is 17.6 Å². The summed E-state index contributed by atoms with van der Waals surface area (Å²) in [6.07, 6.45) is 1.73. The standard InChI is InChI=1S/C22H23F2N3O5.ClH/c1-11(2)26-10-22(6-13(22)9-28)27-8-15(18(29)19(30)17(27)21(26)32)20(31)25-7-12-3-4-14(23)5-16(12)24;/h3-5,8,11,13,28,30H,6-7,9-10H2,1-2H3,(H,25,31);1H/t13-,22+;/m0./s1. The third kappa shape index (κ3) is 3.97. The molecule has 1 saturated carbocycles. The van der Waals surface area contributed by atoms with E-state index in [2.05, 4.69) is 5.32 Å². The molecule has 8 nitrogen and oxygen atoms in total. The molecule has 4 rings (SSSR count). The van der Waals surface area contributed by atoms with Crippen molar-refractivity contribution in [1.29, 1.82) is 0 Å². The minimum absolute atomic E-state index is 0. The molecule has 0 radical (unpaired) electrons. The van der Waals surface area contributed by atoms with Crippen molar-refractivity contribution in [2.45, 2.75) is 38.4 Å². The molecule has 33 heavy (non-hydrogen) atoms. The monoisotopic (exact) mass is 483 g/mol. The largest absolute Gasteiger partial charge is 0.503 e. The summed E-state index contributed by atoms with van der Waals surface area (Å²) in [7, 11) is 0. The van der Waals surface area contributed by atoms with E-state index >= 15 is 0 Å². The highest BCUT2D eigenvalue weighted by molar-refractivity contribution is 5.99. The number of nitrogens with one attached hydrogen (secondary N) is 1. The number of fused-ring (bicyclic) bond motifs is 2. The van der Waals surface area contributed by atoms with Crippen LogP contribution in [0.1, 0.15) is 46.7 Å². The van der Waals surface area contributed by atoms with Gasteiger partial charge in [0.1, 0.15) is 17.2 Å². The molecule has 11 heteroatoms. The second-order valence-electron chi connectivity index (χ2n) is 8.57. The predicted molar refractivity (Wildman–Crippen MR) is 116 cm³/mol. The van der Waals surface area contributed by atoms with Crippen LogP contribution in [0.2, 0.25) is 0 Å². The second-order valence-corrected chi connectivity index (χ2v) is 8.57. The van der Waals surface area contributed by atoms with Crippen molar-refractivity contribution >= 4 is 24.2 Å². The molecule has 1 spiro atoms. The first-order valence-electron chi connectivity index (χ1n) is 10.2. The fourth-order valence-corrected chi connectivity index (χ4v) is 4.34. The van der Waals surface area contributed by atoms with Gasteiger partial charge in [0, 0.05) is 49.5 Å². The van der Waals surface area contributed by atoms with E-state index in [1.54, 1.807) is 0 Å². The fourth-order valence-electron chi connectivity index (χ4n) is 4.34. The summed E-state index contributed by atoms with van der Waals surface area (Å²) in [6, 6.07) is 2.70. The van der Waals surface area contributed by atoms with Crippen LogP contribution in [0.5, 0.6) is 5.75 Å². The molecule has 2 aromatic rings. The lowest BCUT2D eigenvalue weighted by molar-refractivity contribution is 0.0551. The number of carbonyl (C=O) groups is 2. The summed E-state index contributed by atoms with van der Waals surface area (Å²) < 4.78 is 28.3. The van der Waals surface area contributed by atoms with Crippen molar-refractivity contribution in [2.24, 2.45) is 5.92 Å². The number of halogens is 3. The minimum Gasteiger partial charge on any atom is -0.503 e. The summed E-state index contributed by atoms with van der Waals surface area (Å²) >= 11 is 0. The first kappa shape index (κ1) is 24.7. The second kappa shape index (κ2) is 8.75. The maximum absolute atomic E-state index is 13.8. The van der Waals surface area contributed by atoms with E-state index in [0.29, 0.717) is 12.5 Å². The lowest BCUT2D eigenvalue weighted by Gasteiger charge is -2.39. The topological polar surface area (TPSA) is 112 Å². The average molecular weight is 484 g/mol. The first-order valence-corrected chi connectivity index (χ1v) is 10.2. The van der Waals surface area contributed by atoms with Gasteiger partial charge >= 0.3 is 0 Å². The Morgan fingerprint density at radius 1 is 1.30 bits per heavy atom. The van der Waals surface area contributed by atoms with Crippen LogP contribution in [-0.4, -0.2) is 50.7 Å². The van der Waals surface area contributed by atoms with Crippen LogP contribution < -0.4 is 10.7 Å². The van der Waals surface area contributed by atoms with E-state index < -0.39 is 45.7 Å². The average Bonchev–Trinajstić information content (AvgIpc) is 3.45. The number of hydrogen-bond acceptors (Lipinski definition) is 5. The van der Waals surface area contributed by atoms with Gasteiger partial charge in [0.2, 0.25) is 5.43 Å². The molecule has 2 aliphatic rings. The van der Waals surface area contributed by atoms with Crippen molar-refractivity contribution in [1.82, 2.24) is 14.8 Å². The highest BCUT2D eigenvalue weighted by Gasteiger charge is 2.60. The third-order valence-corrected chi connectivity index (χ3v) is 6.31. The SMILES string of the molecule is CC(C)N1C[C@@]2(C[C@H]2CO)n2cc(C(=O)NCc3ccc(F)cc3F)c(=O)c(O)c2C1=O.Cl. The van der Waals surface area contributed by atoms with Crippen LogP contribution in [0.15, 0.2) is 29.2 Å². The molecular weight excluding hydrogens is 460 g/mol. The van der Waals surface area contributed by atoms with E-state index in [1.165, 1.54) is 21.7 Å². The van der Waals surface area contributed by atoms with Crippen LogP contribution in [0.4, 0.5) is 8.78 Å². The number of aromatic hydroxyl groups is 1. The zero-order chi connectivity index (χ0) is 23.4. The number of rotatable bonds is 5. The lowest BCUT2D eigenvalue weighted by atomic mass is 10.0. The van der Waals surface area contributed by atoms with Crippen molar-refractivity contribution in [3.05, 3.63) is 63.1 Å². The smallest absolute Gasteiger partial charge is 0.274 e. The summed E-state index contributed by atoms with van der Waals surface area (Å²) in [5.41, 5.74) is -2.37. The molecule has 0 saturated heterocycles. The molecule has 178 valence electrons. The molecule has 0 bridgehead atoms. The van der Waals surface area contributed by atoms with Gasteiger partial charge in [-0.05, 0) is 26.3 Å². The van der Waals surface area contributed by atoms with Crippen molar-refractivity contribution < 1.29 is 28.6 Å². The Kier molecular flexibility index (Phi) is 6.54. The quantitative estimate of drug-likeness (QED) is 0.600. The van der Waals surface area contributed by atoms with Crippen molar-refractivity contribution in [2.75, 3.05) is 13.2 Å². The normalized spacial score (nSPS) is 21.1. The molecule has 3 N–H and O–H groups in total. The number of nitrogens with zero attached hydrogens (tertiary/aromatic N) is 2. The number of pyridine rings is 1. The van der Waals surface area contributed by atoms with E-state index in [4.69, 9.17) is 0 Å². The van der Waals surface area contributed by atoms with Crippen LogP contribution in [0.3, 0.4) is 0 Å². The van der Waals surface area contributed by atoms with Gasteiger partial charge in [0.15, 0.2) is 11.4 Å². The maximum atomic E-state index is 13.8. The molecule has 2 atom stereocenters. The summed E-state index contributed by atoms with van der Waals surface area (Å²) in [4.78, 5) is 40.0. The predicted octanol–water partition coefficient (Wildman–Crippen LogP) is 1.76. The molecule has 1 aliphatic heterocycles. The summed E-state index contributed by atoms with van der Waals surface area (Å²) in [5, 5.41) is 22.7. The Bertz CT molecular complexity index is 1190. The molecule has 1 aromatic heterocycles. The maximum Gasteiger partial charge on any atom is 0.274 e. The number of aliphatic hydroxyl groups excluding tert-OH is 1. The molecule has 1 aliphatic carbocycles. The van der Waals surface area contributed by atoms with Gasteiger partial charge in [-0.25, -0.2) is 8.78 Å². The van der Waals surface area contributed by atoms with Gasteiger partial charge in [-0.1, -0.05) is 6.07 Å². The van der Waals surface area contributed by atoms with E-state index in [1.807, 2.05) is 13.8 Å². The number of aliphatic hydroxyl groups is 1. The van der Waals surface area contributed by atoms with Crippen molar-refractivity contribution in [3.8, 4) is 5.75 Å². The zero-order valence-electron chi connectivity index (χ0n) is 18.0. The summed E-state index contributed by atoms with van der Waals surface area (Å²) in [5.74, 6) is -4.07. The molecular formula is C22H24ClF2N3O5. The lowest BCUT2D eigenvalue weighted by Crippen LogP contribution is -2.52. The Morgan fingerprint density at radius 3 is 2.58 bits per heavy atom. The summed E-state index contributed by atoms with van der Waals surface area (Å²) in [6.45, 7) is 3.42. The number of aromatic nitrogens is 1. The Morgan fingerprint density at radius 2 is 2.00 bits per heavy atom. The molecule has 1 aromatic carbocycles. The fraction of sp³-hybridized carbons (Fsp3) is 0.409. The van der Waals surface area contributed by atoms with Crippen LogP contribution >= 0.6 is 12.4 Å². The van der Waals surface area contributed by atoms with E-state index in [-0.39, 0.29) is 55.3 Å². The minimum atomic E-state index is -1.02. The van der Waals surface area contributed by atoms with Gasteiger partial charge in [0.25, 0.3) is 11.8 Å². The van der Waals surface area contributed by atoms with Crippen molar-refractivity contribution in [3.63, 3.8) is 0 Å². The van der Waals surface area contributed by atoms with Gasteiger partial charge in [-0.2, -0.15) is 0 Å². The van der Waals surface area contributed by atoms with E-state index in [9.17, 15) is 33.4 Å². The van der Waals surface area contributed by atoms with Crippen LogP contribution in [-0.2, 0) is 12.1 Å². The van der Waals surface area contributed by atoms with Crippen LogP contribution in [0.25, 0.3) is 0 Å². The Labute approximate surface area is 194 Å². The van der Waals surface area contributed by atoms with Gasteiger partial charge < -0.3 is 25.0 Å². The first-order chi connectivity index (χ1) is 15.1. The molecule has 2 heterocycles. The molecule has 2 amide bonds. The van der Waals surface area contributed by atoms with Gasteiger partial charge in [-0.3, -0.25) is 14.4 Å². The molecule has 1 fully saturated rings. The highest BCUT2D eigenvalue weighted by Crippen LogP contribution is 2.53. The number of amides is 2. The zero-order valence-corrected chi connectivity index (χ0v) is 18.8. The third-order valence-electron chi connectivity index (χ3n) is 6.31. The highest BCUT2D eigenvalue weighted by atomic mass is 35.5. The number of hydrogen-bond donors (Lipinski definition) is 3. The number of carbonyl (C=O) groups excluding carboxylic acids is 2. The number of benzene rings is 1. The van der Waals surface area contributed by atoms with E-state index in [0.717, 1.165) is 6.07 Å². The van der Waals surface area contributed by atoms with Gasteiger partial charge in [-0.15, -0.1) is 12.4 Å². The Hall–Kier alpha value is -2.98. The molecule has 0 unspecified atom stereocenters. The Balaban J connectivity index is 0.00000306.